The van der Waals surface area contributed by atoms with Crippen LogP contribution in [-0.2, 0) is 13.1 Å². The van der Waals surface area contributed by atoms with Gasteiger partial charge in [-0.25, -0.2) is 13.6 Å². The number of hydrogen-bond donors (Lipinski definition) is 1. The molecule has 0 aliphatic heterocycles. The van der Waals surface area contributed by atoms with Crippen molar-refractivity contribution in [3.8, 4) is 0 Å². The van der Waals surface area contributed by atoms with Gasteiger partial charge >= 0.3 is 5.97 Å². The summed E-state index contributed by atoms with van der Waals surface area (Å²) in [4.78, 5) is 12.7. The highest BCUT2D eigenvalue weighted by molar-refractivity contribution is 5.87. The topological polar surface area (TPSA) is 40.5 Å². The van der Waals surface area contributed by atoms with Gasteiger partial charge < -0.3 is 5.11 Å². The fraction of sp³-hybridized carbons (Fsp3) is 0.188. The summed E-state index contributed by atoms with van der Waals surface area (Å²) in [5.74, 6) is -1.87. The van der Waals surface area contributed by atoms with Gasteiger partial charge in [-0.2, -0.15) is 0 Å². The number of rotatable bonds is 5. The quantitative estimate of drug-likeness (QED) is 0.919. The molecule has 3 nitrogen and oxygen atoms in total. The molecule has 0 saturated heterocycles. The van der Waals surface area contributed by atoms with E-state index >= 15 is 0 Å². The van der Waals surface area contributed by atoms with Gasteiger partial charge in [0.15, 0.2) is 0 Å². The maximum Gasteiger partial charge on any atom is 0.335 e. The Morgan fingerprint density at radius 2 is 1.90 bits per heavy atom. The molecule has 110 valence electrons. The number of aromatic carboxylic acids is 1. The molecular weight excluding hydrogens is 276 g/mol. The molecule has 0 aliphatic carbocycles. The first kappa shape index (κ1) is 15.1. The number of carbonyl (C=O) groups is 1. The molecule has 0 saturated carbocycles. The fourth-order valence-electron chi connectivity index (χ4n) is 2.12. The summed E-state index contributed by atoms with van der Waals surface area (Å²) in [6.07, 6.45) is 0. The first-order valence-corrected chi connectivity index (χ1v) is 6.40. The van der Waals surface area contributed by atoms with Crippen molar-refractivity contribution in [1.82, 2.24) is 4.90 Å². The highest BCUT2D eigenvalue weighted by Crippen LogP contribution is 2.14. The third-order valence-electron chi connectivity index (χ3n) is 3.07. The second kappa shape index (κ2) is 6.45. The summed E-state index contributed by atoms with van der Waals surface area (Å²) in [5.41, 5.74) is 1.12. The van der Waals surface area contributed by atoms with Gasteiger partial charge in [-0.3, -0.25) is 4.90 Å². The number of nitrogens with zero attached hydrogens (tertiary/aromatic N) is 1. The summed E-state index contributed by atoms with van der Waals surface area (Å²) < 4.78 is 26.8. The Kier molecular flexibility index (Phi) is 4.65. The molecule has 2 aromatic rings. The standard InChI is InChI=1S/C16H15F2NO2/c1-19(9-11-3-2-4-14(17)7-11)10-13-8-12(16(20)21)5-6-15(13)18/h2-8H,9-10H2,1H3,(H,20,21). The van der Waals surface area contributed by atoms with Gasteiger partial charge in [0, 0.05) is 18.7 Å². The molecule has 0 aromatic heterocycles. The highest BCUT2D eigenvalue weighted by atomic mass is 19.1. The lowest BCUT2D eigenvalue weighted by Crippen LogP contribution is -2.18. The summed E-state index contributed by atoms with van der Waals surface area (Å²) in [6.45, 7) is 0.679. The monoisotopic (exact) mass is 291 g/mol. The molecule has 21 heavy (non-hydrogen) atoms. The Bertz CT molecular complexity index is 658. The Labute approximate surface area is 121 Å². The van der Waals surface area contributed by atoms with Gasteiger partial charge in [-0.1, -0.05) is 12.1 Å². The molecule has 0 atom stereocenters. The van der Waals surface area contributed by atoms with Crippen LogP contribution in [0.2, 0.25) is 0 Å². The third kappa shape index (κ3) is 4.10. The van der Waals surface area contributed by atoms with E-state index in [9.17, 15) is 13.6 Å². The highest BCUT2D eigenvalue weighted by Gasteiger charge is 2.11. The van der Waals surface area contributed by atoms with Crippen molar-refractivity contribution in [2.24, 2.45) is 0 Å². The number of hydrogen-bond acceptors (Lipinski definition) is 2. The van der Waals surface area contributed by atoms with Crippen molar-refractivity contribution in [2.45, 2.75) is 13.1 Å². The first-order chi connectivity index (χ1) is 9.95. The summed E-state index contributed by atoms with van der Waals surface area (Å²) in [7, 11) is 1.76. The van der Waals surface area contributed by atoms with Gasteiger partial charge in [-0.15, -0.1) is 0 Å². The van der Waals surface area contributed by atoms with Crippen LogP contribution >= 0.6 is 0 Å². The minimum Gasteiger partial charge on any atom is -0.478 e. The molecule has 2 rings (SSSR count). The Morgan fingerprint density at radius 1 is 1.14 bits per heavy atom. The van der Waals surface area contributed by atoms with Crippen LogP contribution in [0.3, 0.4) is 0 Å². The van der Waals surface area contributed by atoms with Crippen molar-refractivity contribution < 1.29 is 18.7 Å². The van der Waals surface area contributed by atoms with Crippen molar-refractivity contribution >= 4 is 5.97 Å². The predicted octanol–water partition coefficient (Wildman–Crippen LogP) is 3.30. The van der Waals surface area contributed by atoms with Crippen LogP contribution in [0.1, 0.15) is 21.5 Å². The molecule has 0 spiro atoms. The molecule has 1 N–H and O–H groups in total. The first-order valence-electron chi connectivity index (χ1n) is 6.40. The van der Waals surface area contributed by atoms with Gasteiger partial charge in [0.1, 0.15) is 11.6 Å². The largest absolute Gasteiger partial charge is 0.478 e. The van der Waals surface area contributed by atoms with E-state index in [0.717, 1.165) is 11.6 Å². The Morgan fingerprint density at radius 3 is 2.57 bits per heavy atom. The summed E-state index contributed by atoms with van der Waals surface area (Å²) in [6, 6.07) is 9.87. The Balaban J connectivity index is 2.10. The SMILES string of the molecule is CN(Cc1cccc(F)c1)Cc1cc(C(=O)O)ccc1F. The van der Waals surface area contributed by atoms with E-state index in [2.05, 4.69) is 0 Å². The van der Waals surface area contributed by atoms with Crippen molar-refractivity contribution in [3.63, 3.8) is 0 Å². The number of carboxylic acid groups (broad SMARTS) is 1. The molecule has 0 bridgehead atoms. The molecule has 2 aromatic carbocycles. The van der Waals surface area contributed by atoms with Gasteiger partial charge in [0.2, 0.25) is 0 Å². The average molecular weight is 291 g/mol. The molecule has 0 fully saturated rings. The van der Waals surface area contributed by atoms with Gasteiger partial charge in [-0.05, 0) is 42.9 Å². The molecule has 0 aliphatic rings. The lowest BCUT2D eigenvalue weighted by molar-refractivity contribution is 0.0696. The lowest BCUT2D eigenvalue weighted by Gasteiger charge is -2.17. The molecule has 0 radical (unpaired) electrons. The molecular formula is C16H15F2NO2. The van der Waals surface area contributed by atoms with Crippen molar-refractivity contribution in [3.05, 3.63) is 70.8 Å². The van der Waals surface area contributed by atoms with Crippen LogP contribution < -0.4 is 0 Å². The van der Waals surface area contributed by atoms with Gasteiger partial charge in [0.25, 0.3) is 0 Å². The fourth-order valence-corrected chi connectivity index (χ4v) is 2.12. The molecule has 0 unspecified atom stereocenters. The predicted molar refractivity (Wildman–Crippen MR) is 74.9 cm³/mol. The molecule has 5 heteroatoms. The van der Waals surface area contributed by atoms with Crippen molar-refractivity contribution in [2.75, 3.05) is 7.05 Å². The molecule has 0 heterocycles. The second-order valence-electron chi connectivity index (χ2n) is 4.91. The molecule has 0 amide bonds. The second-order valence-corrected chi connectivity index (χ2v) is 4.91. The van der Waals surface area contributed by atoms with Crippen LogP contribution in [0.15, 0.2) is 42.5 Å². The smallest absolute Gasteiger partial charge is 0.335 e. The minimum atomic E-state index is -1.09. The minimum absolute atomic E-state index is 0.0468. The van der Waals surface area contributed by atoms with Crippen LogP contribution in [0, 0.1) is 11.6 Å². The average Bonchev–Trinajstić information content (AvgIpc) is 2.41. The van der Waals surface area contributed by atoms with Crippen LogP contribution in [0.5, 0.6) is 0 Å². The van der Waals surface area contributed by atoms with E-state index in [1.807, 2.05) is 0 Å². The van der Waals surface area contributed by atoms with E-state index in [-0.39, 0.29) is 17.9 Å². The maximum absolute atomic E-state index is 13.7. The van der Waals surface area contributed by atoms with Crippen molar-refractivity contribution in [1.29, 1.82) is 0 Å². The third-order valence-corrected chi connectivity index (χ3v) is 3.07. The van der Waals surface area contributed by atoms with E-state index in [1.165, 1.54) is 24.3 Å². The van der Waals surface area contributed by atoms with Crippen LogP contribution in [-0.4, -0.2) is 23.0 Å². The number of benzene rings is 2. The normalized spacial score (nSPS) is 10.9. The zero-order valence-electron chi connectivity index (χ0n) is 11.5. The van der Waals surface area contributed by atoms with Gasteiger partial charge in [0.05, 0.1) is 5.56 Å². The number of halogens is 2. The Hall–Kier alpha value is -2.27. The zero-order valence-corrected chi connectivity index (χ0v) is 11.5. The van der Waals surface area contributed by atoms with E-state index in [0.29, 0.717) is 12.1 Å². The van der Waals surface area contributed by atoms with Crippen LogP contribution in [0.25, 0.3) is 0 Å². The van der Waals surface area contributed by atoms with E-state index in [4.69, 9.17) is 5.11 Å². The summed E-state index contributed by atoms with van der Waals surface area (Å²) >= 11 is 0. The zero-order chi connectivity index (χ0) is 15.4. The lowest BCUT2D eigenvalue weighted by atomic mass is 10.1. The summed E-state index contributed by atoms with van der Waals surface area (Å²) in [5, 5.41) is 8.92. The van der Waals surface area contributed by atoms with E-state index in [1.54, 1.807) is 24.1 Å². The number of carboxylic acids is 1. The van der Waals surface area contributed by atoms with E-state index < -0.39 is 11.8 Å². The van der Waals surface area contributed by atoms with Crippen LogP contribution in [0.4, 0.5) is 8.78 Å². The maximum atomic E-state index is 13.7.